The second-order valence-corrected chi connectivity index (χ2v) is 4.09. The summed E-state index contributed by atoms with van der Waals surface area (Å²) in [5.41, 5.74) is 0. The van der Waals surface area contributed by atoms with Gasteiger partial charge in [-0.3, -0.25) is 14.4 Å². The zero-order chi connectivity index (χ0) is 13.3. The van der Waals surface area contributed by atoms with Crippen molar-refractivity contribution in [1.82, 2.24) is 10.6 Å². The maximum absolute atomic E-state index is 11.2. The third-order valence-electron chi connectivity index (χ3n) is 2.31. The number of carboxylic acid groups (broad SMARTS) is 1. The van der Waals surface area contributed by atoms with E-state index in [4.69, 9.17) is 5.11 Å². The number of carboxylic acids is 1. The molecule has 0 saturated carbocycles. The van der Waals surface area contributed by atoms with Crippen molar-refractivity contribution in [1.29, 1.82) is 0 Å². The van der Waals surface area contributed by atoms with Crippen LogP contribution in [0.4, 0.5) is 0 Å². The van der Waals surface area contributed by atoms with E-state index in [1.807, 2.05) is 6.92 Å². The number of nitrogens with one attached hydrogen (secondary N) is 2. The Kier molecular flexibility index (Phi) is 7.75. The molecule has 0 fully saturated rings. The lowest BCUT2D eigenvalue weighted by Gasteiger charge is -2.10. The van der Waals surface area contributed by atoms with Gasteiger partial charge in [0.25, 0.3) is 0 Å². The topological polar surface area (TPSA) is 95.5 Å². The van der Waals surface area contributed by atoms with Crippen LogP contribution in [-0.2, 0) is 14.4 Å². The fourth-order valence-corrected chi connectivity index (χ4v) is 1.24. The molecule has 1 atom stereocenters. The maximum atomic E-state index is 11.2. The first kappa shape index (κ1) is 15.4. The first-order chi connectivity index (χ1) is 7.91. The maximum Gasteiger partial charge on any atom is 0.303 e. The van der Waals surface area contributed by atoms with E-state index in [1.165, 1.54) is 6.92 Å². The molecule has 6 heteroatoms. The van der Waals surface area contributed by atoms with E-state index in [0.717, 1.165) is 6.42 Å². The largest absolute Gasteiger partial charge is 0.481 e. The average molecular weight is 244 g/mol. The zero-order valence-corrected chi connectivity index (χ0v) is 10.3. The molecule has 98 valence electrons. The number of rotatable bonds is 8. The Morgan fingerprint density at radius 3 is 2.35 bits per heavy atom. The molecule has 0 heterocycles. The SMILES string of the molecule is CC(=O)NCC(=O)NCCC(C)CCC(=O)O. The van der Waals surface area contributed by atoms with Gasteiger partial charge in [-0.1, -0.05) is 6.92 Å². The molecule has 17 heavy (non-hydrogen) atoms. The molecule has 0 aromatic carbocycles. The molecular formula is C11H20N2O4. The number of hydrogen-bond donors (Lipinski definition) is 3. The summed E-state index contributed by atoms with van der Waals surface area (Å²) in [6, 6.07) is 0. The van der Waals surface area contributed by atoms with Crippen LogP contribution in [-0.4, -0.2) is 36.0 Å². The van der Waals surface area contributed by atoms with Crippen LogP contribution in [0.25, 0.3) is 0 Å². The van der Waals surface area contributed by atoms with Crippen LogP contribution >= 0.6 is 0 Å². The first-order valence-electron chi connectivity index (χ1n) is 5.64. The van der Waals surface area contributed by atoms with Crippen molar-refractivity contribution in [2.24, 2.45) is 5.92 Å². The smallest absolute Gasteiger partial charge is 0.303 e. The molecule has 0 aromatic rings. The van der Waals surface area contributed by atoms with Gasteiger partial charge in [0.1, 0.15) is 0 Å². The predicted octanol–water partition coefficient (Wildman–Crippen LogP) is 0.130. The van der Waals surface area contributed by atoms with Crippen molar-refractivity contribution in [2.45, 2.75) is 33.1 Å². The van der Waals surface area contributed by atoms with E-state index < -0.39 is 5.97 Å². The number of carbonyl (C=O) groups excluding carboxylic acids is 2. The Morgan fingerprint density at radius 2 is 1.82 bits per heavy atom. The molecule has 0 bridgehead atoms. The van der Waals surface area contributed by atoms with Crippen LogP contribution in [0.3, 0.4) is 0 Å². The van der Waals surface area contributed by atoms with Gasteiger partial charge < -0.3 is 15.7 Å². The van der Waals surface area contributed by atoms with Crippen LogP contribution in [0.15, 0.2) is 0 Å². The third kappa shape index (κ3) is 10.7. The van der Waals surface area contributed by atoms with Gasteiger partial charge in [-0.25, -0.2) is 0 Å². The molecule has 0 aliphatic rings. The Morgan fingerprint density at radius 1 is 1.18 bits per heavy atom. The fourth-order valence-electron chi connectivity index (χ4n) is 1.24. The molecule has 0 aromatic heterocycles. The fraction of sp³-hybridized carbons (Fsp3) is 0.727. The highest BCUT2D eigenvalue weighted by Gasteiger charge is 2.06. The summed E-state index contributed by atoms with van der Waals surface area (Å²) in [7, 11) is 0. The minimum Gasteiger partial charge on any atom is -0.481 e. The Balaban J connectivity index is 3.51. The number of amides is 2. The lowest BCUT2D eigenvalue weighted by atomic mass is 10.0. The number of carbonyl (C=O) groups is 3. The highest BCUT2D eigenvalue weighted by atomic mass is 16.4. The molecule has 0 radical (unpaired) electrons. The lowest BCUT2D eigenvalue weighted by Crippen LogP contribution is -2.36. The van der Waals surface area contributed by atoms with Crippen LogP contribution < -0.4 is 10.6 Å². The second-order valence-electron chi connectivity index (χ2n) is 4.09. The highest BCUT2D eigenvalue weighted by Crippen LogP contribution is 2.08. The summed E-state index contributed by atoms with van der Waals surface area (Å²) < 4.78 is 0. The molecule has 6 nitrogen and oxygen atoms in total. The predicted molar refractivity (Wildman–Crippen MR) is 62.3 cm³/mol. The van der Waals surface area contributed by atoms with E-state index in [0.29, 0.717) is 13.0 Å². The van der Waals surface area contributed by atoms with E-state index in [9.17, 15) is 14.4 Å². The summed E-state index contributed by atoms with van der Waals surface area (Å²) >= 11 is 0. The van der Waals surface area contributed by atoms with E-state index in [1.54, 1.807) is 0 Å². The van der Waals surface area contributed by atoms with Gasteiger partial charge in [-0.2, -0.15) is 0 Å². The summed E-state index contributed by atoms with van der Waals surface area (Å²) in [5, 5.41) is 13.5. The van der Waals surface area contributed by atoms with E-state index in [-0.39, 0.29) is 30.7 Å². The van der Waals surface area contributed by atoms with Crippen molar-refractivity contribution in [3.8, 4) is 0 Å². The van der Waals surface area contributed by atoms with Crippen molar-refractivity contribution < 1.29 is 19.5 Å². The Hall–Kier alpha value is -1.59. The van der Waals surface area contributed by atoms with Crippen molar-refractivity contribution in [2.75, 3.05) is 13.1 Å². The van der Waals surface area contributed by atoms with Gasteiger partial charge in [0.05, 0.1) is 6.54 Å². The Labute approximate surface area is 101 Å². The second kappa shape index (κ2) is 8.55. The molecule has 0 rings (SSSR count). The van der Waals surface area contributed by atoms with Gasteiger partial charge in [0.15, 0.2) is 0 Å². The van der Waals surface area contributed by atoms with Gasteiger partial charge in [-0.05, 0) is 18.8 Å². The average Bonchev–Trinajstić information content (AvgIpc) is 2.23. The van der Waals surface area contributed by atoms with Gasteiger partial charge in [-0.15, -0.1) is 0 Å². The molecule has 0 spiro atoms. The minimum absolute atomic E-state index is 0.0150. The molecular weight excluding hydrogens is 224 g/mol. The summed E-state index contributed by atoms with van der Waals surface area (Å²) in [5.74, 6) is -1.01. The van der Waals surface area contributed by atoms with Crippen LogP contribution in [0.1, 0.15) is 33.1 Å². The van der Waals surface area contributed by atoms with Crippen LogP contribution in [0.5, 0.6) is 0 Å². The normalized spacial score (nSPS) is 11.6. The summed E-state index contributed by atoms with van der Waals surface area (Å²) in [6.07, 6.45) is 1.50. The van der Waals surface area contributed by atoms with Crippen molar-refractivity contribution >= 4 is 17.8 Å². The Bertz CT molecular complexity index is 279. The number of hydrogen-bond acceptors (Lipinski definition) is 3. The number of aliphatic carboxylic acids is 1. The standard InChI is InChI=1S/C11H20N2O4/c1-8(3-4-11(16)17)5-6-12-10(15)7-13-9(2)14/h8H,3-7H2,1-2H3,(H,12,15)(H,13,14)(H,16,17). The zero-order valence-electron chi connectivity index (χ0n) is 10.3. The molecule has 0 aliphatic heterocycles. The molecule has 3 N–H and O–H groups in total. The van der Waals surface area contributed by atoms with Crippen LogP contribution in [0, 0.1) is 5.92 Å². The van der Waals surface area contributed by atoms with Gasteiger partial charge in [0.2, 0.25) is 11.8 Å². The monoisotopic (exact) mass is 244 g/mol. The lowest BCUT2D eigenvalue weighted by molar-refractivity contribution is -0.137. The highest BCUT2D eigenvalue weighted by molar-refractivity contribution is 5.83. The van der Waals surface area contributed by atoms with E-state index >= 15 is 0 Å². The minimum atomic E-state index is -0.799. The third-order valence-corrected chi connectivity index (χ3v) is 2.31. The first-order valence-corrected chi connectivity index (χ1v) is 5.64. The summed E-state index contributed by atoms with van der Waals surface area (Å²) in [6.45, 7) is 3.78. The van der Waals surface area contributed by atoms with Crippen molar-refractivity contribution in [3.05, 3.63) is 0 Å². The van der Waals surface area contributed by atoms with Gasteiger partial charge in [0, 0.05) is 19.9 Å². The quantitative estimate of drug-likeness (QED) is 0.565. The molecule has 2 amide bonds. The molecule has 0 saturated heterocycles. The summed E-state index contributed by atoms with van der Waals surface area (Å²) in [4.78, 5) is 32.0. The van der Waals surface area contributed by atoms with Crippen molar-refractivity contribution in [3.63, 3.8) is 0 Å². The molecule has 1 unspecified atom stereocenters. The van der Waals surface area contributed by atoms with E-state index in [2.05, 4.69) is 10.6 Å². The van der Waals surface area contributed by atoms with Crippen LogP contribution in [0.2, 0.25) is 0 Å². The van der Waals surface area contributed by atoms with Gasteiger partial charge >= 0.3 is 5.97 Å². The molecule has 0 aliphatic carbocycles.